The first kappa shape index (κ1) is 20.8. The van der Waals surface area contributed by atoms with Crippen LogP contribution in [-0.4, -0.2) is 65.3 Å². The maximum atomic E-state index is 13.2. The molecule has 4 aliphatic carbocycles. The molecular weight excluding hydrogens is 444 g/mol. The molecule has 2 unspecified atom stereocenters. The van der Waals surface area contributed by atoms with E-state index >= 15 is 0 Å². The van der Waals surface area contributed by atoms with Gasteiger partial charge in [0.2, 0.25) is 11.8 Å². The SMILES string of the molecule is O=C1[C@@H]2C3C=CC([C@H]4C=C[C@@H]34)[C@@H]2C(=O)N1CCCCN1CCN(c2nsc3ccccc23)CC1. The first-order valence-electron chi connectivity index (χ1n) is 12.7. The Balaban J connectivity index is 0.905. The number of hydrogen-bond donors (Lipinski definition) is 0. The molecule has 2 aromatic rings. The summed E-state index contributed by atoms with van der Waals surface area (Å²) in [4.78, 5) is 32.9. The van der Waals surface area contributed by atoms with Crippen LogP contribution in [0.5, 0.6) is 0 Å². The zero-order valence-electron chi connectivity index (χ0n) is 19.3. The second-order valence-electron chi connectivity index (χ2n) is 10.5. The second-order valence-corrected chi connectivity index (χ2v) is 11.3. The minimum Gasteiger partial charge on any atom is -0.353 e. The second kappa shape index (κ2) is 8.02. The highest BCUT2D eigenvalue weighted by Gasteiger charge is 2.62. The molecule has 2 amide bonds. The van der Waals surface area contributed by atoms with Gasteiger partial charge in [-0.2, -0.15) is 4.37 Å². The van der Waals surface area contributed by atoms with E-state index in [1.165, 1.54) is 10.1 Å². The van der Waals surface area contributed by atoms with E-state index in [2.05, 4.69) is 58.4 Å². The van der Waals surface area contributed by atoms with Crippen LogP contribution in [-0.2, 0) is 9.59 Å². The number of nitrogens with zero attached hydrogens (tertiary/aromatic N) is 4. The Morgan fingerprint density at radius 2 is 1.41 bits per heavy atom. The Kier molecular flexibility index (Phi) is 4.91. The Labute approximate surface area is 204 Å². The van der Waals surface area contributed by atoms with Crippen LogP contribution in [0.4, 0.5) is 5.82 Å². The van der Waals surface area contributed by atoms with E-state index in [0.717, 1.165) is 51.4 Å². The van der Waals surface area contributed by atoms with Crippen LogP contribution >= 0.6 is 11.5 Å². The lowest BCUT2D eigenvalue weighted by molar-refractivity contribution is -0.140. The molecule has 2 saturated heterocycles. The molecule has 0 spiro atoms. The Morgan fingerprint density at radius 1 is 0.794 bits per heavy atom. The van der Waals surface area contributed by atoms with Crippen molar-refractivity contribution in [2.45, 2.75) is 12.8 Å². The normalized spacial score (nSPS) is 34.1. The van der Waals surface area contributed by atoms with E-state index in [4.69, 9.17) is 4.37 Å². The van der Waals surface area contributed by atoms with E-state index in [1.54, 1.807) is 16.4 Å². The number of aromatic nitrogens is 1. The van der Waals surface area contributed by atoms with E-state index in [9.17, 15) is 9.59 Å². The lowest BCUT2D eigenvalue weighted by atomic mass is 9.50. The number of piperazine rings is 1. The summed E-state index contributed by atoms with van der Waals surface area (Å²) in [6, 6.07) is 8.46. The van der Waals surface area contributed by atoms with E-state index in [1.807, 2.05) is 0 Å². The fraction of sp³-hybridized carbons (Fsp3) is 0.519. The molecule has 6 aliphatic rings. The van der Waals surface area contributed by atoms with Crippen molar-refractivity contribution in [1.29, 1.82) is 0 Å². The van der Waals surface area contributed by atoms with E-state index in [0.29, 0.717) is 18.4 Å². The average Bonchev–Trinajstić information content (AvgIpc) is 3.37. The maximum Gasteiger partial charge on any atom is 0.233 e. The standard InChI is InChI=1S/C27H30N4O2S/c32-26-23-19-9-10-20(18-8-7-17(18)19)24(23)27(33)31(26)12-4-3-11-29-13-15-30(16-14-29)25-21-5-1-2-6-22(21)34-28-25/h1-2,5-10,17-20,23-24H,3-4,11-16H2/t17-,18+,19?,20?,23-,24+. The lowest BCUT2D eigenvalue weighted by Crippen LogP contribution is -2.50. The van der Waals surface area contributed by atoms with Gasteiger partial charge in [0.25, 0.3) is 0 Å². The van der Waals surface area contributed by atoms with Crippen molar-refractivity contribution in [2.75, 3.05) is 44.2 Å². The van der Waals surface area contributed by atoms with Crippen molar-refractivity contribution < 1.29 is 9.59 Å². The largest absolute Gasteiger partial charge is 0.353 e. The summed E-state index contributed by atoms with van der Waals surface area (Å²) in [5, 5.41) is 1.26. The molecule has 1 aromatic heterocycles. The van der Waals surface area contributed by atoms with Crippen molar-refractivity contribution in [3.8, 4) is 0 Å². The molecule has 7 heteroatoms. The average molecular weight is 475 g/mol. The summed E-state index contributed by atoms with van der Waals surface area (Å²) in [6.45, 7) is 5.65. The van der Waals surface area contributed by atoms with Gasteiger partial charge in [0.15, 0.2) is 0 Å². The molecular formula is C27H30N4O2S. The van der Waals surface area contributed by atoms with Gasteiger partial charge in [0, 0.05) is 38.1 Å². The van der Waals surface area contributed by atoms with Crippen LogP contribution in [0.2, 0.25) is 0 Å². The number of rotatable bonds is 6. The first-order valence-corrected chi connectivity index (χ1v) is 13.5. The fourth-order valence-electron chi connectivity index (χ4n) is 7.06. The van der Waals surface area contributed by atoms with Crippen LogP contribution in [0, 0.1) is 35.5 Å². The number of hydrogen-bond acceptors (Lipinski definition) is 6. The number of fused-ring (bicyclic) bond motifs is 1. The van der Waals surface area contributed by atoms with Gasteiger partial charge < -0.3 is 4.90 Å². The number of unbranched alkanes of at least 4 members (excludes halogenated alkanes) is 1. The molecule has 1 saturated carbocycles. The molecule has 0 N–H and O–H groups in total. The van der Waals surface area contributed by atoms with Gasteiger partial charge in [-0.25, -0.2) is 0 Å². The number of amides is 2. The summed E-state index contributed by atoms with van der Waals surface area (Å²) in [5.74, 6) is 2.53. The minimum atomic E-state index is -0.108. The number of carbonyl (C=O) groups excluding carboxylic acids is 2. The number of imide groups is 1. The molecule has 34 heavy (non-hydrogen) atoms. The highest BCUT2D eigenvalue weighted by Crippen LogP contribution is 2.58. The zero-order chi connectivity index (χ0) is 22.8. The summed E-state index contributed by atoms with van der Waals surface area (Å²) in [7, 11) is 0. The maximum absolute atomic E-state index is 13.2. The van der Waals surface area contributed by atoms with Gasteiger partial charge in [-0.3, -0.25) is 19.4 Å². The number of likely N-dealkylation sites (tertiary alicyclic amines) is 1. The van der Waals surface area contributed by atoms with Crippen LogP contribution in [0.1, 0.15) is 12.8 Å². The van der Waals surface area contributed by atoms with Crippen molar-refractivity contribution in [2.24, 2.45) is 35.5 Å². The molecule has 6 atom stereocenters. The monoisotopic (exact) mass is 474 g/mol. The van der Waals surface area contributed by atoms with Gasteiger partial charge in [-0.05, 0) is 66.7 Å². The molecule has 3 fully saturated rings. The van der Waals surface area contributed by atoms with Crippen molar-refractivity contribution >= 4 is 39.3 Å². The molecule has 3 heterocycles. The number of benzene rings is 1. The van der Waals surface area contributed by atoms with Crippen molar-refractivity contribution in [3.63, 3.8) is 0 Å². The summed E-state index contributed by atoms with van der Waals surface area (Å²) >= 11 is 1.58. The number of carbonyl (C=O) groups is 2. The van der Waals surface area contributed by atoms with Gasteiger partial charge in [0.05, 0.1) is 16.5 Å². The molecule has 8 rings (SSSR count). The predicted molar refractivity (Wildman–Crippen MR) is 133 cm³/mol. The van der Waals surface area contributed by atoms with Gasteiger partial charge >= 0.3 is 0 Å². The fourth-order valence-corrected chi connectivity index (χ4v) is 7.86. The first-order chi connectivity index (χ1) is 16.7. The molecule has 2 bridgehead atoms. The van der Waals surface area contributed by atoms with Crippen LogP contribution in [0.15, 0.2) is 48.6 Å². The molecule has 1 aromatic carbocycles. The third-order valence-electron chi connectivity index (χ3n) is 8.90. The molecule has 176 valence electrons. The van der Waals surface area contributed by atoms with Crippen LogP contribution < -0.4 is 4.90 Å². The van der Waals surface area contributed by atoms with E-state index < -0.39 is 0 Å². The van der Waals surface area contributed by atoms with E-state index in [-0.39, 0.29) is 35.5 Å². The summed E-state index contributed by atoms with van der Waals surface area (Å²) in [6.07, 6.45) is 10.8. The van der Waals surface area contributed by atoms with Crippen LogP contribution in [0.3, 0.4) is 0 Å². The predicted octanol–water partition coefficient (Wildman–Crippen LogP) is 3.42. The van der Waals surface area contributed by atoms with Crippen molar-refractivity contribution in [3.05, 3.63) is 48.6 Å². The third-order valence-corrected chi connectivity index (χ3v) is 9.72. The third kappa shape index (κ3) is 3.06. The van der Waals surface area contributed by atoms with Gasteiger partial charge in [0.1, 0.15) is 5.82 Å². The van der Waals surface area contributed by atoms with Crippen molar-refractivity contribution in [1.82, 2.24) is 14.2 Å². The number of allylic oxidation sites excluding steroid dienone is 4. The minimum absolute atomic E-state index is 0.0946. The van der Waals surface area contributed by atoms with Gasteiger partial charge in [-0.1, -0.05) is 36.4 Å². The summed E-state index contributed by atoms with van der Waals surface area (Å²) < 4.78 is 5.96. The topological polar surface area (TPSA) is 56.8 Å². The molecule has 6 nitrogen and oxygen atoms in total. The Hall–Kier alpha value is -2.51. The highest BCUT2D eigenvalue weighted by atomic mass is 32.1. The lowest BCUT2D eigenvalue weighted by Gasteiger charge is -2.51. The van der Waals surface area contributed by atoms with Gasteiger partial charge in [-0.15, -0.1) is 0 Å². The highest BCUT2D eigenvalue weighted by molar-refractivity contribution is 7.13. The summed E-state index contributed by atoms with van der Waals surface area (Å²) in [5.41, 5.74) is 0. The van der Waals surface area contributed by atoms with Crippen LogP contribution in [0.25, 0.3) is 10.1 Å². The molecule has 0 radical (unpaired) electrons. The molecule has 2 aliphatic heterocycles. The number of anilines is 1. The quantitative estimate of drug-likeness (QED) is 0.365. The Bertz CT molecular complexity index is 1160. The Morgan fingerprint density at radius 3 is 2.09 bits per heavy atom. The smallest absolute Gasteiger partial charge is 0.233 e. The zero-order valence-corrected chi connectivity index (χ0v) is 20.1.